The van der Waals surface area contributed by atoms with E-state index in [1.54, 1.807) is 0 Å². The fraction of sp³-hybridized carbons (Fsp3) is 0.286. The van der Waals surface area contributed by atoms with Crippen LogP contribution in [-0.2, 0) is 33.8 Å². The highest BCUT2D eigenvalue weighted by Gasteiger charge is 2.40. The first kappa shape index (κ1) is 21.8. The summed E-state index contributed by atoms with van der Waals surface area (Å²) >= 11 is 0. The van der Waals surface area contributed by atoms with Gasteiger partial charge in [-0.15, -0.1) is 0 Å². The maximum Gasteiger partial charge on any atom is 0.306 e. The molecular formula is C28H29NO3. The van der Waals surface area contributed by atoms with Crippen LogP contribution < -0.4 is 0 Å². The van der Waals surface area contributed by atoms with Crippen LogP contribution in [0.15, 0.2) is 84.9 Å². The van der Waals surface area contributed by atoms with Gasteiger partial charge in [-0.3, -0.25) is 9.59 Å². The van der Waals surface area contributed by atoms with E-state index in [2.05, 4.69) is 6.07 Å². The van der Waals surface area contributed by atoms with Crippen molar-refractivity contribution in [1.82, 2.24) is 4.90 Å². The van der Waals surface area contributed by atoms with Crippen LogP contribution in [0.2, 0.25) is 0 Å². The fourth-order valence-corrected chi connectivity index (χ4v) is 4.64. The molecule has 4 rings (SSSR count). The van der Waals surface area contributed by atoms with Crippen LogP contribution in [0.1, 0.15) is 41.5 Å². The van der Waals surface area contributed by atoms with E-state index < -0.39 is 0 Å². The van der Waals surface area contributed by atoms with E-state index in [0.29, 0.717) is 26.1 Å². The summed E-state index contributed by atoms with van der Waals surface area (Å²) in [5, 5.41) is 0. The molecule has 0 saturated carbocycles. The van der Waals surface area contributed by atoms with Crippen molar-refractivity contribution in [3.8, 4) is 0 Å². The first-order valence-electron chi connectivity index (χ1n) is 11.3. The molecule has 4 nitrogen and oxygen atoms in total. The molecule has 1 aliphatic carbocycles. The quantitative estimate of drug-likeness (QED) is 0.469. The van der Waals surface area contributed by atoms with Crippen LogP contribution in [0.4, 0.5) is 0 Å². The van der Waals surface area contributed by atoms with Gasteiger partial charge in [0.25, 0.3) is 0 Å². The van der Waals surface area contributed by atoms with Gasteiger partial charge in [-0.1, -0.05) is 84.9 Å². The molecule has 1 aliphatic rings. The van der Waals surface area contributed by atoms with Crippen LogP contribution in [0.3, 0.4) is 0 Å². The van der Waals surface area contributed by atoms with Crippen molar-refractivity contribution in [3.63, 3.8) is 0 Å². The minimum Gasteiger partial charge on any atom is -0.466 e. The zero-order chi connectivity index (χ0) is 22.3. The molecule has 0 N–H and O–H groups in total. The molecule has 3 aromatic rings. The third-order valence-electron chi connectivity index (χ3n) is 6.13. The minimum absolute atomic E-state index is 0.0863. The summed E-state index contributed by atoms with van der Waals surface area (Å²) in [4.78, 5) is 28.3. The van der Waals surface area contributed by atoms with Crippen molar-refractivity contribution < 1.29 is 14.3 Å². The Bertz CT molecular complexity index is 1010. The standard InChI is InChI=1S/C28H29NO3/c1-2-32-27(30)18-25-24-16-10-9-15-23(24)17-26(25)28(31)29(19-21-11-5-3-6-12-21)20-22-13-7-4-8-14-22/h3-16,25-26H,2,17-20H2,1H3/t25-,26-/m1/s1. The summed E-state index contributed by atoms with van der Waals surface area (Å²) < 4.78 is 5.23. The van der Waals surface area contributed by atoms with Crippen molar-refractivity contribution >= 4 is 11.9 Å². The van der Waals surface area contributed by atoms with E-state index in [1.165, 1.54) is 0 Å². The normalized spacial score (nSPS) is 16.9. The fourth-order valence-electron chi connectivity index (χ4n) is 4.64. The molecule has 0 saturated heterocycles. The number of benzene rings is 3. The van der Waals surface area contributed by atoms with E-state index >= 15 is 0 Å². The molecule has 0 heterocycles. The lowest BCUT2D eigenvalue weighted by molar-refractivity contribution is -0.144. The van der Waals surface area contributed by atoms with E-state index in [4.69, 9.17) is 4.74 Å². The summed E-state index contributed by atoms with van der Waals surface area (Å²) in [5.41, 5.74) is 4.43. The number of carbonyl (C=O) groups excluding carboxylic acids is 2. The minimum atomic E-state index is -0.274. The molecule has 1 amide bonds. The largest absolute Gasteiger partial charge is 0.466 e. The van der Waals surface area contributed by atoms with E-state index in [9.17, 15) is 9.59 Å². The molecule has 0 spiro atoms. The van der Waals surface area contributed by atoms with E-state index in [0.717, 1.165) is 22.3 Å². The van der Waals surface area contributed by atoms with Gasteiger partial charge in [0.2, 0.25) is 5.91 Å². The predicted octanol–water partition coefficient (Wildman–Crippen LogP) is 5.12. The van der Waals surface area contributed by atoms with Crippen molar-refractivity contribution in [2.45, 2.75) is 38.8 Å². The van der Waals surface area contributed by atoms with Gasteiger partial charge < -0.3 is 9.64 Å². The van der Waals surface area contributed by atoms with Crippen LogP contribution in [0, 0.1) is 5.92 Å². The lowest BCUT2D eigenvalue weighted by atomic mass is 9.88. The summed E-state index contributed by atoms with van der Waals surface area (Å²) in [5.74, 6) is -0.594. The van der Waals surface area contributed by atoms with E-state index in [-0.39, 0.29) is 30.1 Å². The average molecular weight is 428 g/mol. The number of rotatable bonds is 8. The smallest absolute Gasteiger partial charge is 0.306 e. The molecule has 0 unspecified atom stereocenters. The predicted molar refractivity (Wildman–Crippen MR) is 125 cm³/mol. The molecule has 4 heteroatoms. The van der Waals surface area contributed by atoms with E-state index in [1.807, 2.05) is 90.7 Å². The number of amides is 1. The Labute approximate surface area is 189 Å². The molecule has 0 bridgehead atoms. The van der Waals surface area contributed by atoms with Gasteiger partial charge in [-0.25, -0.2) is 0 Å². The van der Waals surface area contributed by atoms with Crippen molar-refractivity contribution in [2.75, 3.05) is 6.61 Å². The molecular weight excluding hydrogens is 398 g/mol. The second-order valence-corrected chi connectivity index (χ2v) is 8.29. The second kappa shape index (κ2) is 10.3. The van der Waals surface area contributed by atoms with Crippen molar-refractivity contribution in [2.24, 2.45) is 5.92 Å². The summed E-state index contributed by atoms with van der Waals surface area (Å²) in [6.45, 7) is 3.23. The maximum absolute atomic E-state index is 13.9. The molecule has 0 fully saturated rings. The SMILES string of the molecule is CCOC(=O)C[C@@H]1c2ccccc2C[C@H]1C(=O)N(Cc1ccccc1)Cc1ccccc1. The highest BCUT2D eigenvalue weighted by Crippen LogP contribution is 2.41. The highest BCUT2D eigenvalue weighted by atomic mass is 16.5. The van der Waals surface area contributed by atoms with Gasteiger partial charge >= 0.3 is 5.97 Å². The number of esters is 1. The Morgan fingerprint density at radius 2 is 1.41 bits per heavy atom. The van der Waals surface area contributed by atoms with Gasteiger partial charge in [0.15, 0.2) is 0 Å². The number of nitrogens with zero attached hydrogens (tertiary/aromatic N) is 1. The zero-order valence-electron chi connectivity index (χ0n) is 18.4. The number of hydrogen-bond donors (Lipinski definition) is 0. The first-order valence-corrected chi connectivity index (χ1v) is 11.3. The Morgan fingerprint density at radius 1 is 0.844 bits per heavy atom. The molecule has 0 aromatic heterocycles. The Balaban J connectivity index is 1.62. The third-order valence-corrected chi connectivity index (χ3v) is 6.13. The van der Waals surface area contributed by atoms with Gasteiger partial charge in [0, 0.05) is 24.9 Å². The average Bonchev–Trinajstić information content (AvgIpc) is 3.18. The Morgan fingerprint density at radius 3 is 2.00 bits per heavy atom. The topological polar surface area (TPSA) is 46.6 Å². The Hall–Kier alpha value is -3.40. The van der Waals surface area contributed by atoms with Crippen LogP contribution >= 0.6 is 0 Å². The van der Waals surface area contributed by atoms with Crippen molar-refractivity contribution in [1.29, 1.82) is 0 Å². The third kappa shape index (κ3) is 5.08. The maximum atomic E-state index is 13.9. The first-order chi connectivity index (χ1) is 15.7. The molecule has 3 aromatic carbocycles. The van der Waals surface area contributed by atoms with Gasteiger partial charge in [-0.2, -0.15) is 0 Å². The molecule has 0 radical (unpaired) electrons. The lowest BCUT2D eigenvalue weighted by Gasteiger charge is -2.29. The number of carbonyl (C=O) groups is 2. The van der Waals surface area contributed by atoms with Gasteiger partial charge in [0.1, 0.15) is 0 Å². The lowest BCUT2D eigenvalue weighted by Crippen LogP contribution is -2.37. The van der Waals surface area contributed by atoms with Crippen molar-refractivity contribution in [3.05, 3.63) is 107 Å². The molecule has 164 valence electrons. The van der Waals surface area contributed by atoms with Crippen LogP contribution in [0.5, 0.6) is 0 Å². The number of ether oxygens (including phenoxy) is 1. The number of hydrogen-bond acceptors (Lipinski definition) is 3. The van der Waals surface area contributed by atoms with Gasteiger partial charge in [0.05, 0.1) is 13.0 Å². The summed E-state index contributed by atoms with van der Waals surface area (Å²) in [6, 6.07) is 28.2. The van der Waals surface area contributed by atoms with Crippen LogP contribution in [-0.4, -0.2) is 23.4 Å². The summed E-state index contributed by atoms with van der Waals surface area (Å²) in [7, 11) is 0. The van der Waals surface area contributed by atoms with Crippen LogP contribution in [0.25, 0.3) is 0 Å². The second-order valence-electron chi connectivity index (χ2n) is 8.29. The zero-order valence-corrected chi connectivity index (χ0v) is 18.4. The highest BCUT2D eigenvalue weighted by molar-refractivity contribution is 5.83. The molecule has 32 heavy (non-hydrogen) atoms. The summed E-state index contributed by atoms with van der Waals surface area (Å²) in [6.07, 6.45) is 0.880. The monoisotopic (exact) mass is 427 g/mol. The van der Waals surface area contributed by atoms with Gasteiger partial charge in [-0.05, 0) is 35.6 Å². The Kier molecular flexibility index (Phi) is 7.00. The molecule has 0 aliphatic heterocycles. The number of fused-ring (bicyclic) bond motifs is 1. The molecule has 2 atom stereocenters.